The number of rotatable bonds is 4. The number of hydrogen-bond acceptors (Lipinski definition) is 3. The number of fused-ring (bicyclic) bond motifs is 2. The molecular weight excluding hydrogens is 286 g/mol. The maximum atomic E-state index is 12.5. The van der Waals surface area contributed by atoms with Gasteiger partial charge in [-0.2, -0.15) is 0 Å². The highest BCUT2D eigenvalue weighted by molar-refractivity contribution is 5.97. The largest absolute Gasteiger partial charge is 0.481 e. The SMILES string of the molecule is O=C(O)c1cccc(NC(=O)[C@H]2[C@H]3CC[C@@H](C3)[C@H]2C(=O)O)c1. The number of carboxylic acids is 2. The van der Waals surface area contributed by atoms with Crippen LogP contribution >= 0.6 is 0 Å². The van der Waals surface area contributed by atoms with Crippen molar-refractivity contribution in [3.05, 3.63) is 29.8 Å². The van der Waals surface area contributed by atoms with Crippen molar-refractivity contribution in [3.8, 4) is 0 Å². The molecule has 0 spiro atoms. The Bertz CT molecular complexity index is 641. The average Bonchev–Trinajstić information content (AvgIpc) is 3.07. The second kappa shape index (κ2) is 5.44. The smallest absolute Gasteiger partial charge is 0.335 e. The molecule has 22 heavy (non-hydrogen) atoms. The molecule has 2 aliphatic rings. The Labute approximate surface area is 127 Å². The predicted octanol–water partition coefficient (Wildman–Crippen LogP) is 2.07. The molecule has 0 heterocycles. The Balaban J connectivity index is 1.78. The van der Waals surface area contributed by atoms with Gasteiger partial charge in [0.15, 0.2) is 0 Å². The number of carbonyl (C=O) groups excluding carboxylic acids is 1. The number of aromatic carboxylic acids is 1. The molecule has 3 N–H and O–H groups in total. The van der Waals surface area contributed by atoms with Gasteiger partial charge in [-0.25, -0.2) is 4.79 Å². The van der Waals surface area contributed by atoms with Gasteiger partial charge in [0.25, 0.3) is 0 Å². The number of carbonyl (C=O) groups is 3. The first-order valence-electron chi connectivity index (χ1n) is 7.34. The molecular formula is C16H17NO5. The minimum atomic E-state index is -1.07. The summed E-state index contributed by atoms with van der Waals surface area (Å²) < 4.78 is 0. The highest BCUT2D eigenvalue weighted by Crippen LogP contribution is 2.52. The number of anilines is 1. The van der Waals surface area contributed by atoms with Gasteiger partial charge in [-0.15, -0.1) is 0 Å². The van der Waals surface area contributed by atoms with E-state index in [2.05, 4.69) is 5.32 Å². The van der Waals surface area contributed by atoms with Gasteiger partial charge >= 0.3 is 11.9 Å². The molecule has 6 heteroatoms. The van der Waals surface area contributed by atoms with Gasteiger partial charge in [0.2, 0.25) is 5.91 Å². The van der Waals surface area contributed by atoms with Crippen LogP contribution in [0.4, 0.5) is 5.69 Å². The second-order valence-electron chi connectivity index (χ2n) is 6.10. The van der Waals surface area contributed by atoms with Crippen molar-refractivity contribution in [1.29, 1.82) is 0 Å². The molecule has 0 aliphatic heterocycles. The van der Waals surface area contributed by atoms with Crippen LogP contribution in [0, 0.1) is 23.7 Å². The van der Waals surface area contributed by atoms with Gasteiger partial charge in [-0.1, -0.05) is 6.07 Å². The lowest BCUT2D eigenvalue weighted by molar-refractivity contribution is -0.148. The highest BCUT2D eigenvalue weighted by atomic mass is 16.4. The Hall–Kier alpha value is -2.37. The first kappa shape index (κ1) is 14.6. The molecule has 2 bridgehead atoms. The normalized spacial score (nSPS) is 29.3. The summed E-state index contributed by atoms with van der Waals surface area (Å²) in [6.07, 6.45) is 2.56. The zero-order chi connectivity index (χ0) is 15.9. The van der Waals surface area contributed by atoms with E-state index in [4.69, 9.17) is 5.11 Å². The summed E-state index contributed by atoms with van der Waals surface area (Å²) in [5, 5.41) is 21.0. The van der Waals surface area contributed by atoms with E-state index >= 15 is 0 Å². The van der Waals surface area contributed by atoms with Crippen LogP contribution in [0.2, 0.25) is 0 Å². The molecule has 2 aliphatic carbocycles. The van der Waals surface area contributed by atoms with E-state index in [1.807, 2.05) is 0 Å². The molecule has 0 aromatic heterocycles. The fraction of sp³-hybridized carbons (Fsp3) is 0.438. The molecule has 0 saturated heterocycles. The summed E-state index contributed by atoms with van der Waals surface area (Å²) >= 11 is 0. The van der Waals surface area contributed by atoms with Crippen molar-refractivity contribution in [1.82, 2.24) is 0 Å². The first-order valence-corrected chi connectivity index (χ1v) is 7.34. The summed E-state index contributed by atoms with van der Waals surface area (Å²) in [7, 11) is 0. The molecule has 1 aromatic carbocycles. The Morgan fingerprint density at radius 3 is 2.36 bits per heavy atom. The standard InChI is InChI=1S/C16H17NO5/c18-14(17-11-3-1-2-10(7-11)15(19)20)12-8-4-5-9(6-8)13(12)16(21)22/h1-3,7-9,12-13H,4-6H2,(H,17,18)(H,19,20)(H,21,22)/t8-,9-,12-,13+/m0/s1. The van der Waals surface area contributed by atoms with Crippen LogP contribution in [0.3, 0.4) is 0 Å². The summed E-state index contributed by atoms with van der Waals surface area (Å²) in [5.74, 6) is -3.24. The fourth-order valence-corrected chi connectivity index (χ4v) is 3.98. The van der Waals surface area contributed by atoms with Gasteiger partial charge in [-0.3, -0.25) is 9.59 Å². The molecule has 6 nitrogen and oxygen atoms in total. The Morgan fingerprint density at radius 1 is 1.05 bits per heavy atom. The van der Waals surface area contributed by atoms with E-state index < -0.39 is 23.8 Å². The third-order valence-corrected chi connectivity index (χ3v) is 4.88. The molecule has 1 amide bonds. The zero-order valence-corrected chi connectivity index (χ0v) is 11.9. The number of hydrogen-bond donors (Lipinski definition) is 3. The maximum absolute atomic E-state index is 12.5. The van der Waals surface area contributed by atoms with Crippen LogP contribution in [0.5, 0.6) is 0 Å². The van der Waals surface area contributed by atoms with Crippen molar-refractivity contribution >= 4 is 23.5 Å². The number of aliphatic carboxylic acids is 1. The molecule has 4 atom stereocenters. The van der Waals surface area contributed by atoms with Crippen LogP contribution in [-0.2, 0) is 9.59 Å². The molecule has 2 fully saturated rings. The van der Waals surface area contributed by atoms with Crippen molar-refractivity contribution in [3.63, 3.8) is 0 Å². The summed E-state index contributed by atoms with van der Waals surface area (Å²) in [5.41, 5.74) is 0.470. The van der Waals surface area contributed by atoms with Crippen LogP contribution < -0.4 is 5.32 Å². The van der Waals surface area contributed by atoms with Crippen molar-refractivity contribution in [2.75, 3.05) is 5.32 Å². The molecule has 3 rings (SSSR count). The van der Waals surface area contributed by atoms with Crippen LogP contribution in [-0.4, -0.2) is 28.1 Å². The number of benzene rings is 1. The van der Waals surface area contributed by atoms with Crippen molar-refractivity contribution in [2.45, 2.75) is 19.3 Å². The minimum absolute atomic E-state index is 0.0838. The third-order valence-electron chi connectivity index (χ3n) is 4.88. The quantitative estimate of drug-likeness (QED) is 0.790. The Morgan fingerprint density at radius 2 is 1.73 bits per heavy atom. The topological polar surface area (TPSA) is 104 Å². The lowest BCUT2D eigenvalue weighted by atomic mass is 9.78. The van der Waals surface area contributed by atoms with Gasteiger partial charge in [-0.05, 0) is 49.3 Å². The average molecular weight is 303 g/mol. The summed E-state index contributed by atoms with van der Waals surface area (Å²) in [6.45, 7) is 0. The number of amides is 1. The Kier molecular flexibility index (Phi) is 3.60. The van der Waals surface area contributed by atoms with E-state index in [1.165, 1.54) is 12.1 Å². The van der Waals surface area contributed by atoms with Crippen LogP contribution in [0.15, 0.2) is 24.3 Å². The van der Waals surface area contributed by atoms with Gasteiger partial charge in [0.05, 0.1) is 17.4 Å². The third kappa shape index (κ3) is 2.45. The maximum Gasteiger partial charge on any atom is 0.335 e. The highest BCUT2D eigenvalue weighted by Gasteiger charge is 2.53. The molecule has 116 valence electrons. The number of nitrogens with one attached hydrogen (secondary N) is 1. The number of carboxylic acid groups (broad SMARTS) is 2. The lowest BCUT2D eigenvalue weighted by Gasteiger charge is -2.27. The molecule has 0 unspecified atom stereocenters. The fourth-order valence-electron chi connectivity index (χ4n) is 3.98. The molecule has 2 saturated carbocycles. The summed E-state index contributed by atoms with van der Waals surface area (Å²) in [6, 6.07) is 5.97. The van der Waals surface area contributed by atoms with Crippen LogP contribution in [0.25, 0.3) is 0 Å². The molecule has 0 radical (unpaired) electrons. The van der Waals surface area contributed by atoms with Crippen molar-refractivity contribution < 1.29 is 24.6 Å². The lowest BCUT2D eigenvalue weighted by Crippen LogP contribution is -2.37. The van der Waals surface area contributed by atoms with Gasteiger partial charge in [0.1, 0.15) is 0 Å². The van der Waals surface area contributed by atoms with Crippen LogP contribution in [0.1, 0.15) is 29.6 Å². The second-order valence-corrected chi connectivity index (χ2v) is 6.10. The zero-order valence-electron chi connectivity index (χ0n) is 11.9. The van der Waals surface area contributed by atoms with E-state index in [-0.39, 0.29) is 23.3 Å². The first-order chi connectivity index (χ1) is 10.5. The monoisotopic (exact) mass is 303 g/mol. The predicted molar refractivity (Wildman–Crippen MR) is 77.5 cm³/mol. The van der Waals surface area contributed by atoms with Crippen molar-refractivity contribution in [2.24, 2.45) is 23.7 Å². The minimum Gasteiger partial charge on any atom is -0.481 e. The van der Waals surface area contributed by atoms with Gasteiger partial charge in [0, 0.05) is 5.69 Å². The van der Waals surface area contributed by atoms with E-state index in [1.54, 1.807) is 12.1 Å². The van der Waals surface area contributed by atoms with E-state index in [9.17, 15) is 19.5 Å². The summed E-state index contributed by atoms with van der Waals surface area (Å²) in [4.78, 5) is 34.9. The van der Waals surface area contributed by atoms with E-state index in [0.717, 1.165) is 19.3 Å². The van der Waals surface area contributed by atoms with Gasteiger partial charge < -0.3 is 15.5 Å². The van der Waals surface area contributed by atoms with E-state index in [0.29, 0.717) is 5.69 Å². The molecule has 1 aromatic rings.